The summed E-state index contributed by atoms with van der Waals surface area (Å²) in [6, 6.07) is 14.5. The Bertz CT molecular complexity index is 1070. The van der Waals surface area contributed by atoms with Gasteiger partial charge in [0.2, 0.25) is 5.91 Å². The molecule has 0 radical (unpaired) electrons. The van der Waals surface area contributed by atoms with Crippen molar-refractivity contribution < 1.29 is 13.2 Å². The molecule has 0 bridgehead atoms. The number of thiazole rings is 1. The minimum Gasteiger partial charge on any atom is -0.302 e. The van der Waals surface area contributed by atoms with E-state index < -0.39 is 15.1 Å². The zero-order valence-electron chi connectivity index (χ0n) is 15.3. The third-order valence-corrected chi connectivity index (χ3v) is 7.78. The average molecular weight is 526 g/mol. The first-order valence-electron chi connectivity index (χ1n) is 8.60. The maximum Gasteiger partial charge on any atom is 0.230 e. The zero-order valence-corrected chi connectivity index (χ0v) is 19.1. The molecule has 8 heteroatoms. The van der Waals surface area contributed by atoms with Crippen LogP contribution < -0.4 is 5.32 Å². The van der Waals surface area contributed by atoms with Crippen LogP contribution in [0.4, 0.5) is 5.13 Å². The highest BCUT2D eigenvalue weighted by Crippen LogP contribution is 2.25. The van der Waals surface area contributed by atoms with Gasteiger partial charge in [0.15, 0.2) is 15.0 Å². The molecule has 0 spiro atoms. The molecule has 1 N–H and O–H groups in total. The molecule has 0 aliphatic carbocycles. The van der Waals surface area contributed by atoms with E-state index in [2.05, 4.69) is 32.9 Å². The Morgan fingerprint density at radius 1 is 1.11 bits per heavy atom. The van der Waals surface area contributed by atoms with Crippen LogP contribution in [0.15, 0.2) is 58.8 Å². The number of sulfone groups is 1. The molecule has 0 aliphatic rings. The monoisotopic (exact) mass is 526 g/mol. The van der Waals surface area contributed by atoms with Crippen molar-refractivity contribution in [3.05, 3.63) is 63.0 Å². The smallest absolute Gasteiger partial charge is 0.230 e. The number of benzene rings is 2. The van der Waals surface area contributed by atoms with Gasteiger partial charge in [0.05, 0.1) is 22.3 Å². The molecular formula is C20H19IN2O3S2. The first-order chi connectivity index (χ1) is 13.3. The second-order valence-electron chi connectivity index (χ2n) is 6.51. The fourth-order valence-corrected chi connectivity index (χ4v) is 4.66. The lowest BCUT2D eigenvalue weighted by atomic mass is 10.1. The summed E-state index contributed by atoms with van der Waals surface area (Å²) in [6.45, 7) is 3.30. The standard InChI is InChI=1S/C20H19IN2O3S2/c1-13(2)28(25,26)17-9-3-14(4-10-17)11-19(24)23-20-22-18(12-27-20)15-5-7-16(21)8-6-15/h3-10,12-13H,11H2,1-2H3,(H,22,23,24). The van der Waals surface area contributed by atoms with Gasteiger partial charge >= 0.3 is 0 Å². The highest BCUT2D eigenvalue weighted by Gasteiger charge is 2.19. The Hall–Kier alpha value is -1.78. The van der Waals surface area contributed by atoms with E-state index in [1.807, 2.05) is 29.6 Å². The van der Waals surface area contributed by atoms with Gasteiger partial charge in [-0.15, -0.1) is 11.3 Å². The predicted octanol–water partition coefficient (Wildman–Crippen LogP) is 4.78. The van der Waals surface area contributed by atoms with E-state index in [0.717, 1.165) is 20.4 Å². The van der Waals surface area contributed by atoms with E-state index in [4.69, 9.17) is 0 Å². The lowest BCUT2D eigenvalue weighted by Crippen LogP contribution is -2.15. The molecule has 0 aliphatic heterocycles. The molecule has 1 amide bonds. The van der Waals surface area contributed by atoms with E-state index in [1.54, 1.807) is 38.1 Å². The summed E-state index contributed by atoms with van der Waals surface area (Å²) in [5.41, 5.74) is 2.56. The lowest BCUT2D eigenvalue weighted by molar-refractivity contribution is -0.115. The number of rotatable bonds is 6. The van der Waals surface area contributed by atoms with Crippen molar-refractivity contribution in [3.8, 4) is 11.3 Å². The molecule has 1 aromatic heterocycles. The average Bonchev–Trinajstić information content (AvgIpc) is 3.11. The maximum absolute atomic E-state index is 12.3. The molecule has 0 unspecified atom stereocenters. The van der Waals surface area contributed by atoms with Crippen LogP contribution in [0, 0.1) is 3.57 Å². The van der Waals surface area contributed by atoms with Gasteiger partial charge in [0.1, 0.15) is 0 Å². The Kier molecular flexibility index (Phi) is 6.51. The summed E-state index contributed by atoms with van der Waals surface area (Å²) in [5.74, 6) is -0.192. The number of carbonyl (C=O) groups is 1. The van der Waals surface area contributed by atoms with E-state index in [1.165, 1.54) is 11.3 Å². The summed E-state index contributed by atoms with van der Waals surface area (Å²) in [5, 5.41) is 4.77. The molecule has 0 fully saturated rings. The molecule has 1 heterocycles. The van der Waals surface area contributed by atoms with Crippen molar-refractivity contribution in [3.63, 3.8) is 0 Å². The molecular weight excluding hydrogens is 507 g/mol. The van der Waals surface area contributed by atoms with Gasteiger partial charge in [0, 0.05) is 14.5 Å². The molecule has 0 saturated carbocycles. The number of carbonyl (C=O) groups excluding carboxylic acids is 1. The maximum atomic E-state index is 12.3. The second-order valence-corrected chi connectivity index (χ2v) is 11.1. The molecule has 2 aromatic carbocycles. The first-order valence-corrected chi connectivity index (χ1v) is 12.1. The van der Waals surface area contributed by atoms with Gasteiger partial charge in [0.25, 0.3) is 0 Å². The Morgan fingerprint density at radius 3 is 2.36 bits per heavy atom. The summed E-state index contributed by atoms with van der Waals surface area (Å²) in [7, 11) is -3.31. The number of aromatic nitrogens is 1. The molecule has 0 atom stereocenters. The van der Waals surface area contributed by atoms with Gasteiger partial charge in [-0.25, -0.2) is 13.4 Å². The number of nitrogens with one attached hydrogen (secondary N) is 1. The molecule has 146 valence electrons. The summed E-state index contributed by atoms with van der Waals surface area (Å²) in [6.07, 6.45) is 0.153. The van der Waals surface area contributed by atoms with Crippen LogP contribution in [0.2, 0.25) is 0 Å². The van der Waals surface area contributed by atoms with Crippen molar-refractivity contribution in [1.29, 1.82) is 0 Å². The minimum atomic E-state index is -3.31. The van der Waals surface area contributed by atoms with Crippen molar-refractivity contribution in [2.45, 2.75) is 30.4 Å². The molecule has 5 nitrogen and oxygen atoms in total. The first kappa shape index (κ1) is 20.9. The third-order valence-electron chi connectivity index (χ3n) is 4.13. The van der Waals surface area contributed by atoms with Gasteiger partial charge in [-0.1, -0.05) is 24.3 Å². The van der Waals surface area contributed by atoms with Crippen LogP contribution in [0.25, 0.3) is 11.3 Å². The highest BCUT2D eigenvalue weighted by atomic mass is 127. The van der Waals surface area contributed by atoms with Gasteiger partial charge in [-0.2, -0.15) is 0 Å². The van der Waals surface area contributed by atoms with Crippen molar-refractivity contribution in [2.75, 3.05) is 5.32 Å². The topological polar surface area (TPSA) is 76.1 Å². The van der Waals surface area contributed by atoms with Crippen LogP contribution >= 0.6 is 33.9 Å². The Morgan fingerprint density at radius 2 is 1.75 bits per heavy atom. The van der Waals surface area contributed by atoms with Crippen molar-refractivity contribution in [2.24, 2.45) is 0 Å². The summed E-state index contributed by atoms with van der Waals surface area (Å²) >= 11 is 3.62. The zero-order chi connectivity index (χ0) is 20.3. The van der Waals surface area contributed by atoms with E-state index in [-0.39, 0.29) is 17.2 Å². The Labute approximate surface area is 182 Å². The molecule has 3 aromatic rings. The highest BCUT2D eigenvalue weighted by molar-refractivity contribution is 14.1. The van der Waals surface area contributed by atoms with Gasteiger partial charge < -0.3 is 5.32 Å². The number of halogens is 1. The predicted molar refractivity (Wildman–Crippen MR) is 121 cm³/mol. The number of hydrogen-bond acceptors (Lipinski definition) is 5. The number of nitrogens with zero attached hydrogens (tertiary/aromatic N) is 1. The van der Waals surface area contributed by atoms with Gasteiger partial charge in [-0.05, 0) is 66.3 Å². The van der Waals surface area contributed by atoms with E-state index >= 15 is 0 Å². The van der Waals surface area contributed by atoms with Crippen LogP contribution in [0.5, 0.6) is 0 Å². The van der Waals surface area contributed by atoms with Crippen LogP contribution in [0.1, 0.15) is 19.4 Å². The second kappa shape index (κ2) is 8.71. The number of anilines is 1. The summed E-state index contributed by atoms with van der Waals surface area (Å²) in [4.78, 5) is 17.0. The summed E-state index contributed by atoms with van der Waals surface area (Å²) < 4.78 is 25.5. The van der Waals surface area contributed by atoms with Crippen LogP contribution in [-0.4, -0.2) is 24.6 Å². The fourth-order valence-electron chi connectivity index (χ4n) is 2.50. The van der Waals surface area contributed by atoms with E-state index in [0.29, 0.717) is 5.13 Å². The van der Waals surface area contributed by atoms with Crippen LogP contribution in [0.3, 0.4) is 0 Å². The quantitative estimate of drug-likeness (QED) is 0.470. The number of hydrogen-bond donors (Lipinski definition) is 1. The number of amides is 1. The Balaban J connectivity index is 1.64. The molecule has 0 saturated heterocycles. The normalized spacial score (nSPS) is 11.6. The van der Waals surface area contributed by atoms with Crippen LogP contribution in [-0.2, 0) is 21.1 Å². The molecule has 28 heavy (non-hydrogen) atoms. The van der Waals surface area contributed by atoms with Crippen molar-refractivity contribution >= 4 is 54.8 Å². The fraction of sp³-hybridized carbons (Fsp3) is 0.200. The SMILES string of the molecule is CC(C)S(=O)(=O)c1ccc(CC(=O)Nc2nc(-c3ccc(I)cc3)cs2)cc1. The minimum absolute atomic E-state index is 0.153. The van der Waals surface area contributed by atoms with E-state index in [9.17, 15) is 13.2 Å². The third kappa shape index (κ3) is 4.98. The van der Waals surface area contributed by atoms with Crippen molar-refractivity contribution in [1.82, 2.24) is 4.98 Å². The molecule has 3 rings (SSSR count). The largest absolute Gasteiger partial charge is 0.302 e. The lowest BCUT2D eigenvalue weighted by Gasteiger charge is -2.08. The van der Waals surface area contributed by atoms with Gasteiger partial charge in [-0.3, -0.25) is 4.79 Å².